The molecule has 0 radical (unpaired) electrons. The van der Waals surface area contributed by atoms with Crippen molar-refractivity contribution in [2.24, 2.45) is 0 Å². The molecule has 0 amide bonds. The number of hydrogen-bond donors (Lipinski definition) is 0. The molecule has 0 unspecified atom stereocenters. The first kappa shape index (κ1) is 16.3. The Bertz CT molecular complexity index is 290. The van der Waals surface area contributed by atoms with E-state index in [0.29, 0.717) is 0 Å². The van der Waals surface area contributed by atoms with Crippen LogP contribution < -0.4 is 9.64 Å². The van der Waals surface area contributed by atoms with Gasteiger partial charge in [-0.2, -0.15) is 0 Å². The lowest BCUT2D eigenvalue weighted by Crippen LogP contribution is -2.27. The van der Waals surface area contributed by atoms with Crippen LogP contribution in [0, 0.1) is 0 Å². The number of methoxy groups -OCH3 is 1. The Morgan fingerprint density at radius 1 is 1.12 bits per heavy atom. The third-order valence-corrected chi connectivity index (χ3v) is 2.84. The topological polar surface area (TPSA) is 12.5 Å². The van der Waals surface area contributed by atoms with E-state index in [9.17, 15) is 0 Å². The third kappa shape index (κ3) is 4.63. The second-order valence-corrected chi connectivity index (χ2v) is 4.62. The average Bonchev–Trinajstić information content (AvgIpc) is 2.29. The monoisotopic (exact) mass is 415 g/mol. The molecule has 1 rings (SSSR count). The zero-order valence-corrected chi connectivity index (χ0v) is 14.0. The molecule has 1 aromatic rings. The highest BCUT2D eigenvalue weighted by molar-refractivity contribution is 9.09. The van der Waals surface area contributed by atoms with E-state index in [1.165, 1.54) is 0 Å². The van der Waals surface area contributed by atoms with E-state index in [4.69, 9.17) is 4.74 Å². The van der Waals surface area contributed by atoms with Crippen molar-refractivity contribution in [3.63, 3.8) is 0 Å². The van der Waals surface area contributed by atoms with Crippen LogP contribution in [0.2, 0.25) is 0 Å². The molecule has 16 heavy (non-hydrogen) atoms. The summed E-state index contributed by atoms with van der Waals surface area (Å²) in [6, 6.07) is 8.10. The molecule has 0 heterocycles. The number of para-hydroxylation sites is 2. The Hall–Kier alpha value is 0.260. The summed E-state index contributed by atoms with van der Waals surface area (Å²) in [5, 5.41) is 1.91. The maximum atomic E-state index is 5.35. The lowest BCUT2D eigenvalue weighted by molar-refractivity contribution is 0.414. The molecule has 0 atom stereocenters. The van der Waals surface area contributed by atoms with Gasteiger partial charge in [0.05, 0.1) is 12.8 Å². The molecule has 0 bridgehead atoms. The van der Waals surface area contributed by atoms with Crippen LogP contribution in [0.5, 0.6) is 5.75 Å². The second-order valence-electron chi connectivity index (χ2n) is 3.04. The first-order chi connectivity index (χ1) is 7.33. The van der Waals surface area contributed by atoms with Gasteiger partial charge < -0.3 is 9.64 Å². The van der Waals surface area contributed by atoms with Crippen molar-refractivity contribution in [3.8, 4) is 5.75 Å². The molecular weight excluding hydrogens is 402 g/mol. The molecule has 0 aliphatic heterocycles. The van der Waals surface area contributed by atoms with Crippen LogP contribution >= 0.6 is 48.8 Å². The third-order valence-electron chi connectivity index (χ3n) is 2.13. The minimum atomic E-state index is 0. The van der Waals surface area contributed by atoms with Crippen LogP contribution in [0.4, 0.5) is 5.69 Å². The van der Waals surface area contributed by atoms with Crippen molar-refractivity contribution in [3.05, 3.63) is 24.3 Å². The van der Waals surface area contributed by atoms with Crippen molar-refractivity contribution in [1.82, 2.24) is 0 Å². The molecule has 0 saturated carbocycles. The minimum absolute atomic E-state index is 0. The predicted molar refractivity (Wildman–Crippen MR) is 83.1 cm³/mol. The molecule has 0 spiro atoms. The van der Waals surface area contributed by atoms with E-state index in [0.717, 1.165) is 35.2 Å². The lowest BCUT2D eigenvalue weighted by atomic mass is 10.2. The highest BCUT2D eigenvalue weighted by Crippen LogP contribution is 2.27. The van der Waals surface area contributed by atoms with Gasteiger partial charge in [-0.25, -0.2) is 0 Å². The first-order valence-corrected chi connectivity index (χ1v) is 7.07. The summed E-state index contributed by atoms with van der Waals surface area (Å²) in [4.78, 5) is 2.29. The Labute approximate surface area is 124 Å². The molecule has 92 valence electrons. The number of alkyl halides is 2. The van der Waals surface area contributed by atoms with Crippen molar-refractivity contribution in [2.75, 3.05) is 35.8 Å². The van der Waals surface area contributed by atoms with Gasteiger partial charge in [-0.1, -0.05) is 44.0 Å². The Morgan fingerprint density at radius 2 is 1.69 bits per heavy atom. The fraction of sp³-hybridized carbons (Fsp3) is 0.455. The molecule has 2 nitrogen and oxygen atoms in total. The van der Waals surface area contributed by atoms with E-state index >= 15 is 0 Å². The van der Waals surface area contributed by atoms with Gasteiger partial charge in [-0.15, -0.1) is 17.0 Å². The largest absolute Gasteiger partial charge is 0.495 e. The fourth-order valence-corrected chi connectivity index (χ4v) is 2.30. The molecule has 0 aliphatic carbocycles. The standard InChI is InChI=1S/C11H15Br2NO.BrH/c1-15-11-5-3-2-4-10(11)14(8-6-12)9-7-13;/h2-5H,6-9H2,1H3;1H. The Balaban J connectivity index is 0.00000225. The van der Waals surface area contributed by atoms with Crippen LogP contribution in [0.25, 0.3) is 0 Å². The number of nitrogens with zero attached hydrogens (tertiary/aromatic N) is 1. The number of hydrogen-bond acceptors (Lipinski definition) is 2. The number of halogens is 3. The molecular formula is C11H16Br3NO. The Kier molecular flexibility index (Phi) is 9.46. The summed E-state index contributed by atoms with van der Waals surface area (Å²) >= 11 is 6.93. The zero-order valence-electron chi connectivity index (χ0n) is 9.16. The summed E-state index contributed by atoms with van der Waals surface area (Å²) < 4.78 is 5.35. The first-order valence-electron chi connectivity index (χ1n) is 4.83. The fourth-order valence-electron chi connectivity index (χ4n) is 1.45. The molecule has 0 aliphatic rings. The molecule has 5 heteroatoms. The molecule has 0 aromatic heterocycles. The molecule has 1 aromatic carbocycles. The summed E-state index contributed by atoms with van der Waals surface area (Å²) in [5.41, 5.74) is 1.15. The second kappa shape index (κ2) is 9.31. The van der Waals surface area contributed by atoms with Gasteiger partial charge in [-0.3, -0.25) is 0 Å². The van der Waals surface area contributed by atoms with Gasteiger partial charge >= 0.3 is 0 Å². The van der Waals surface area contributed by atoms with Gasteiger partial charge in [0, 0.05) is 23.7 Å². The summed E-state index contributed by atoms with van der Waals surface area (Å²) in [6.45, 7) is 1.96. The normalized spacial score (nSPS) is 9.44. The minimum Gasteiger partial charge on any atom is -0.495 e. The SMILES string of the molecule is Br.COc1ccccc1N(CCBr)CCBr. The maximum Gasteiger partial charge on any atom is 0.142 e. The van der Waals surface area contributed by atoms with E-state index in [2.05, 4.69) is 42.8 Å². The van der Waals surface area contributed by atoms with Crippen LogP contribution in [-0.2, 0) is 0 Å². The van der Waals surface area contributed by atoms with Gasteiger partial charge in [0.1, 0.15) is 5.75 Å². The van der Waals surface area contributed by atoms with Crippen LogP contribution in [0.3, 0.4) is 0 Å². The molecule has 0 saturated heterocycles. The quantitative estimate of drug-likeness (QED) is 0.651. The highest BCUT2D eigenvalue weighted by atomic mass is 79.9. The maximum absolute atomic E-state index is 5.35. The number of ether oxygens (including phenoxy) is 1. The van der Waals surface area contributed by atoms with Gasteiger partial charge in [-0.05, 0) is 12.1 Å². The van der Waals surface area contributed by atoms with Crippen LogP contribution in [-0.4, -0.2) is 30.9 Å². The van der Waals surface area contributed by atoms with Crippen LogP contribution in [0.15, 0.2) is 24.3 Å². The predicted octanol–water partition coefficient (Wildman–Crippen LogP) is 3.87. The van der Waals surface area contributed by atoms with E-state index in [1.54, 1.807) is 7.11 Å². The summed E-state index contributed by atoms with van der Waals surface area (Å²) in [6.07, 6.45) is 0. The summed E-state index contributed by atoms with van der Waals surface area (Å²) in [5.74, 6) is 0.930. The number of benzene rings is 1. The van der Waals surface area contributed by atoms with Crippen LogP contribution in [0.1, 0.15) is 0 Å². The van der Waals surface area contributed by atoms with Crippen molar-refractivity contribution in [2.45, 2.75) is 0 Å². The van der Waals surface area contributed by atoms with E-state index in [1.807, 2.05) is 18.2 Å². The van der Waals surface area contributed by atoms with Crippen molar-refractivity contribution in [1.29, 1.82) is 0 Å². The van der Waals surface area contributed by atoms with Gasteiger partial charge in [0.15, 0.2) is 0 Å². The lowest BCUT2D eigenvalue weighted by Gasteiger charge is -2.24. The Morgan fingerprint density at radius 3 is 2.19 bits per heavy atom. The van der Waals surface area contributed by atoms with Crippen molar-refractivity contribution >= 4 is 54.5 Å². The molecule has 0 N–H and O–H groups in total. The number of anilines is 1. The van der Waals surface area contributed by atoms with E-state index < -0.39 is 0 Å². The smallest absolute Gasteiger partial charge is 0.142 e. The van der Waals surface area contributed by atoms with E-state index in [-0.39, 0.29) is 17.0 Å². The van der Waals surface area contributed by atoms with Gasteiger partial charge in [0.25, 0.3) is 0 Å². The number of rotatable bonds is 6. The summed E-state index contributed by atoms with van der Waals surface area (Å²) in [7, 11) is 1.71. The average molecular weight is 418 g/mol. The van der Waals surface area contributed by atoms with Gasteiger partial charge in [0.2, 0.25) is 0 Å². The highest BCUT2D eigenvalue weighted by Gasteiger charge is 2.09. The zero-order chi connectivity index (χ0) is 11.1. The van der Waals surface area contributed by atoms with Crippen molar-refractivity contribution < 1.29 is 4.74 Å². The molecule has 0 fully saturated rings.